The fourth-order valence-electron chi connectivity index (χ4n) is 2.06. The summed E-state index contributed by atoms with van der Waals surface area (Å²) in [6.45, 7) is 4.12. The van der Waals surface area contributed by atoms with Crippen LogP contribution in [-0.4, -0.2) is 0 Å². The van der Waals surface area contributed by atoms with E-state index in [9.17, 15) is 0 Å². The van der Waals surface area contributed by atoms with Gasteiger partial charge in [0.25, 0.3) is 0 Å². The topological polar surface area (TPSA) is 26.0 Å². The van der Waals surface area contributed by atoms with E-state index in [-0.39, 0.29) is 6.04 Å². The molecule has 2 aromatic rings. The lowest BCUT2D eigenvalue weighted by molar-refractivity contribution is 0.859. The Balaban J connectivity index is 2.49. The van der Waals surface area contributed by atoms with Crippen molar-refractivity contribution < 1.29 is 0 Å². The highest BCUT2D eigenvalue weighted by Gasteiger charge is 2.15. The number of halogens is 3. The number of hydrogen-bond donors (Lipinski definition) is 1. The molecule has 0 aliphatic carbocycles. The molecule has 0 saturated carbocycles. The smallest absolute Gasteiger partial charge is 0.0569 e. The zero-order valence-corrected chi connectivity index (χ0v) is 14.6. The predicted molar refractivity (Wildman–Crippen MR) is 88.8 cm³/mol. The van der Waals surface area contributed by atoms with Crippen molar-refractivity contribution in [3.8, 4) is 0 Å². The van der Waals surface area contributed by atoms with Crippen molar-refractivity contribution >= 4 is 43.5 Å². The highest BCUT2D eigenvalue weighted by atomic mass is 79.9. The lowest BCUT2D eigenvalue weighted by atomic mass is 9.94. The Labute approximate surface area is 135 Å². The van der Waals surface area contributed by atoms with Crippen molar-refractivity contribution in [2.75, 3.05) is 0 Å². The molecule has 0 fully saturated rings. The van der Waals surface area contributed by atoms with E-state index >= 15 is 0 Å². The van der Waals surface area contributed by atoms with Gasteiger partial charge in [-0.2, -0.15) is 0 Å². The molecule has 0 radical (unpaired) electrons. The largest absolute Gasteiger partial charge is 0.320 e. The first-order valence-corrected chi connectivity index (χ1v) is 7.83. The van der Waals surface area contributed by atoms with Crippen molar-refractivity contribution in [2.24, 2.45) is 5.73 Å². The summed E-state index contributed by atoms with van der Waals surface area (Å²) in [6, 6.07) is 9.79. The van der Waals surface area contributed by atoms with Crippen LogP contribution in [0.25, 0.3) is 0 Å². The Morgan fingerprint density at radius 3 is 2.32 bits per heavy atom. The molecule has 2 aromatic carbocycles. The predicted octanol–water partition coefficient (Wildman–Crippen LogP) is 5.53. The van der Waals surface area contributed by atoms with Crippen LogP contribution in [0.5, 0.6) is 0 Å². The molecular weight excluding hydrogens is 389 g/mol. The molecule has 0 spiro atoms. The van der Waals surface area contributed by atoms with Gasteiger partial charge in [-0.3, -0.25) is 0 Å². The molecule has 0 aliphatic rings. The van der Waals surface area contributed by atoms with Crippen LogP contribution in [0, 0.1) is 13.8 Å². The van der Waals surface area contributed by atoms with Crippen LogP contribution >= 0.6 is 43.5 Å². The minimum Gasteiger partial charge on any atom is -0.320 e. The third-order valence-electron chi connectivity index (χ3n) is 3.18. The summed E-state index contributed by atoms with van der Waals surface area (Å²) in [7, 11) is 0. The standard InChI is InChI=1S/C15H14Br2ClN/c1-8-6-13(17)9(2)5-12(8)15(19)11-4-3-10(16)7-14(11)18/h3-7,15H,19H2,1-2H3. The highest BCUT2D eigenvalue weighted by Crippen LogP contribution is 2.32. The molecule has 0 saturated heterocycles. The summed E-state index contributed by atoms with van der Waals surface area (Å²) in [5, 5.41) is 0.682. The van der Waals surface area contributed by atoms with Gasteiger partial charge in [0, 0.05) is 14.0 Å². The molecule has 4 heteroatoms. The molecule has 2 N–H and O–H groups in total. The zero-order chi connectivity index (χ0) is 14.2. The van der Waals surface area contributed by atoms with Gasteiger partial charge < -0.3 is 5.73 Å². The van der Waals surface area contributed by atoms with Gasteiger partial charge in [-0.05, 0) is 54.3 Å². The minimum atomic E-state index is -0.215. The Hall–Kier alpha value is -0.350. The lowest BCUT2D eigenvalue weighted by Gasteiger charge is -2.18. The van der Waals surface area contributed by atoms with Gasteiger partial charge >= 0.3 is 0 Å². The van der Waals surface area contributed by atoms with E-state index in [0.717, 1.165) is 25.6 Å². The maximum absolute atomic E-state index is 6.37. The Bertz CT molecular complexity index is 626. The summed E-state index contributed by atoms with van der Waals surface area (Å²) in [5.74, 6) is 0. The van der Waals surface area contributed by atoms with Crippen molar-refractivity contribution in [1.82, 2.24) is 0 Å². The molecule has 2 rings (SSSR count). The summed E-state index contributed by atoms with van der Waals surface area (Å²) in [5.41, 5.74) is 10.7. The maximum Gasteiger partial charge on any atom is 0.0569 e. The first-order chi connectivity index (χ1) is 8.90. The number of nitrogens with two attached hydrogens (primary N) is 1. The molecule has 0 aliphatic heterocycles. The third kappa shape index (κ3) is 3.22. The van der Waals surface area contributed by atoms with Crippen molar-refractivity contribution in [3.05, 3.63) is 66.6 Å². The van der Waals surface area contributed by atoms with E-state index in [0.29, 0.717) is 5.02 Å². The molecule has 1 atom stereocenters. The van der Waals surface area contributed by atoms with Crippen LogP contribution in [-0.2, 0) is 0 Å². The normalized spacial score (nSPS) is 12.5. The Morgan fingerprint density at radius 2 is 1.68 bits per heavy atom. The number of aryl methyl sites for hydroxylation is 2. The second-order valence-electron chi connectivity index (χ2n) is 4.60. The van der Waals surface area contributed by atoms with Crippen LogP contribution < -0.4 is 5.73 Å². The van der Waals surface area contributed by atoms with Gasteiger partial charge in [-0.25, -0.2) is 0 Å². The molecular formula is C15H14Br2ClN. The lowest BCUT2D eigenvalue weighted by Crippen LogP contribution is -2.14. The van der Waals surface area contributed by atoms with E-state index in [2.05, 4.69) is 57.8 Å². The van der Waals surface area contributed by atoms with E-state index in [1.807, 2.05) is 18.2 Å². The van der Waals surface area contributed by atoms with Crippen LogP contribution in [0.1, 0.15) is 28.3 Å². The van der Waals surface area contributed by atoms with E-state index < -0.39 is 0 Å². The second kappa shape index (κ2) is 5.96. The first kappa shape index (κ1) is 15.0. The van der Waals surface area contributed by atoms with Gasteiger partial charge in [0.2, 0.25) is 0 Å². The van der Waals surface area contributed by atoms with Crippen molar-refractivity contribution in [2.45, 2.75) is 19.9 Å². The SMILES string of the molecule is Cc1cc(C(N)c2ccc(Br)cc2Cl)c(C)cc1Br. The third-order valence-corrected chi connectivity index (χ3v) is 4.85. The molecule has 19 heavy (non-hydrogen) atoms. The Kier molecular flexibility index (Phi) is 4.72. The van der Waals surface area contributed by atoms with E-state index in [1.165, 1.54) is 5.56 Å². The van der Waals surface area contributed by atoms with Gasteiger partial charge in [0.05, 0.1) is 6.04 Å². The summed E-state index contributed by atoms with van der Waals surface area (Å²) in [6.07, 6.45) is 0. The van der Waals surface area contributed by atoms with Gasteiger partial charge in [0.1, 0.15) is 0 Å². The molecule has 1 unspecified atom stereocenters. The van der Waals surface area contributed by atoms with Crippen LogP contribution in [0.15, 0.2) is 39.3 Å². The quantitative estimate of drug-likeness (QED) is 0.701. The second-order valence-corrected chi connectivity index (χ2v) is 6.78. The minimum absolute atomic E-state index is 0.215. The van der Waals surface area contributed by atoms with Crippen LogP contribution in [0.4, 0.5) is 0 Å². The number of benzene rings is 2. The van der Waals surface area contributed by atoms with E-state index in [4.69, 9.17) is 17.3 Å². The summed E-state index contributed by atoms with van der Waals surface area (Å²) >= 11 is 13.2. The monoisotopic (exact) mass is 401 g/mol. The molecule has 0 bridgehead atoms. The molecule has 0 heterocycles. The fourth-order valence-corrected chi connectivity index (χ4v) is 3.31. The van der Waals surface area contributed by atoms with Crippen molar-refractivity contribution in [3.63, 3.8) is 0 Å². The zero-order valence-electron chi connectivity index (χ0n) is 10.7. The first-order valence-electron chi connectivity index (χ1n) is 5.87. The highest BCUT2D eigenvalue weighted by molar-refractivity contribution is 9.10. The van der Waals surface area contributed by atoms with Crippen LogP contribution in [0.2, 0.25) is 5.02 Å². The number of rotatable bonds is 2. The maximum atomic E-state index is 6.37. The summed E-state index contributed by atoms with van der Waals surface area (Å²) in [4.78, 5) is 0. The van der Waals surface area contributed by atoms with Gasteiger partial charge in [-0.15, -0.1) is 0 Å². The molecule has 100 valence electrons. The van der Waals surface area contributed by atoms with Crippen LogP contribution in [0.3, 0.4) is 0 Å². The average molecular weight is 404 g/mol. The Morgan fingerprint density at radius 1 is 1.00 bits per heavy atom. The van der Waals surface area contributed by atoms with Crippen molar-refractivity contribution in [1.29, 1.82) is 0 Å². The average Bonchev–Trinajstić information content (AvgIpc) is 2.33. The molecule has 0 amide bonds. The summed E-state index contributed by atoms with van der Waals surface area (Å²) < 4.78 is 2.06. The number of hydrogen-bond acceptors (Lipinski definition) is 1. The molecule has 1 nitrogen and oxygen atoms in total. The molecule has 0 aromatic heterocycles. The van der Waals surface area contributed by atoms with Gasteiger partial charge in [0.15, 0.2) is 0 Å². The van der Waals surface area contributed by atoms with E-state index in [1.54, 1.807) is 0 Å². The fraction of sp³-hybridized carbons (Fsp3) is 0.200. The van der Waals surface area contributed by atoms with Gasteiger partial charge in [-0.1, -0.05) is 55.6 Å².